The molecule has 1 aliphatic heterocycles. The van der Waals surface area contributed by atoms with Crippen molar-refractivity contribution in [2.45, 2.75) is 39.0 Å². The Morgan fingerprint density at radius 3 is 2.89 bits per heavy atom. The molecule has 1 saturated heterocycles. The summed E-state index contributed by atoms with van der Waals surface area (Å²) in [5, 5.41) is 9.06. The maximum atomic E-state index is 9.06. The lowest BCUT2D eigenvalue weighted by Crippen LogP contribution is -2.24. The Balaban J connectivity index is 2.10. The number of halogens is 1. The van der Waals surface area contributed by atoms with Crippen molar-refractivity contribution in [3.05, 3.63) is 28.2 Å². The van der Waals surface area contributed by atoms with Crippen molar-refractivity contribution in [3.63, 3.8) is 0 Å². The van der Waals surface area contributed by atoms with Gasteiger partial charge in [-0.3, -0.25) is 0 Å². The first-order valence-corrected chi connectivity index (χ1v) is 7.98. The fraction of sp³-hybridized carbons (Fsp3) is 0.562. The van der Waals surface area contributed by atoms with Crippen molar-refractivity contribution >= 4 is 21.6 Å². The van der Waals surface area contributed by atoms with Gasteiger partial charge >= 0.3 is 0 Å². The first-order chi connectivity index (χ1) is 9.22. The molecule has 1 aromatic rings. The SMILES string of the molecule is CCCC1CCCN(c2cc(Br)cc(C#N)c2)CC1. The molecule has 0 aromatic heterocycles. The normalized spacial score (nSPS) is 19.8. The highest BCUT2D eigenvalue weighted by Gasteiger charge is 2.17. The Labute approximate surface area is 124 Å². The van der Waals surface area contributed by atoms with Crippen LogP contribution in [0, 0.1) is 17.2 Å². The van der Waals surface area contributed by atoms with Crippen LogP contribution in [0.2, 0.25) is 0 Å². The van der Waals surface area contributed by atoms with E-state index in [9.17, 15) is 0 Å². The molecule has 0 amide bonds. The summed E-state index contributed by atoms with van der Waals surface area (Å²) in [6.07, 6.45) is 6.54. The maximum Gasteiger partial charge on any atom is 0.0992 e. The summed E-state index contributed by atoms with van der Waals surface area (Å²) >= 11 is 3.50. The minimum atomic E-state index is 0.735. The van der Waals surface area contributed by atoms with Gasteiger partial charge in [-0.15, -0.1) is 0 Å². The van der Waals surface area contributed by atoms with E-state index in [1.165, 1.54) is 37.8 Å². The van der Waals surface area contributed by atoms with Gasteiger partial charge in [0.15, 0.2) is 0 Å². The quantitative estimate of drug-likeness (QED) is 0.805. The van der Waals surface area contributed by atoms with E-state index < -0.39 is 0 Å². The second-order valence-corrected chi connectivity index (χ2v) is 6.30. The highest BCUT2D eigenvalue weighted by atomic mass is 79.9. The number of nitrogens with zero attached hydrogens (tertiary/aromatic N) is 2. The molecule has 2 rings (SSSR count). The predicted octanol–water partition coefficient (Wildman–Crippen LogP) is 4.73. The van der Waals surface area contributed by atoms with Gasteiger partial charge in [-0.2, -0.15) is 5.26 Å². The highest BCUT2D eigenvalue weighted by molar-refractivity contribution is 9.10. The third-order valence-corrected chi connectivity index (χ3v) is 4.38. The third-order valence-electron chi connectivity index (χ3n) is 3.92. The van der Waals surface area contributed by atoms with E-state index in [0.717, 1.165) is 29.0 Å². The fourth-order valence-electron chi connectivity index (χ4n) is 2.94. The summed E-state index contributed by atoms with van der Waals surface area (Å²) in [6.45, 7) is 4.50. The van der Waals surface area contributed by atoms with E-state index >= 15 is 0 Å². The Morgan fingerprint density at radius 2 is 2.16 bits per heavy atom. The average molecular weight is 321 g/mol. The molecule has 0 N–H and O–H groups in total. The van der Waals surface area contributed by atoms with Gasteiger partial charge < -0.3 is 4.90 Å². The predicted molar refractivity (Wildman–Crippen MR) is 83.3 cm³/mol. The first kappa shape index (κ1) is 14.4. The average Bonchev–Trinajstić information content (AvgIpc) is 2.64. The Morgan fingerprint density at radius 1 is 1.32 bits per heavy atom. The van der Waals surface area contributed by atoms with E-state index in [-0.39, 0.29) is 0 Å². The van der Waals surface area contributed by atoms with E-state index in [1.807, 2.05) is 12.1 Å². The summed E-state index contributed by atoms with van der Waals surface area (Å²) < 4.78 is 0.996. The van der Waals surface area contributed by atoms with Gasteiger partial charge in [0, 0.05) is 23.2 Å². The molecule has 1 heterocycles. The van der Waals surface area contributed by atoms with E-state index in [1.54, 1.807) is 0 Å². The molecule has 0 aliphatic carbocycles. The highest BCUT2D eigenvalue weighted by Crippen LogP contribution is 2.28. The summed E-state index contributed by atoms with van der Waals surface area (Å²) in [5.41, 5.74) is 1.92. The van der Waals surface area contributed by atoms with Crippen LogP contribution in [-0.2, 0) is 0 Å². The second-order valence-electron chi connectivity index (χ2n) is 5.38. The van der Waals surface area contributed by atoms with Gasteiger partial charge in [-0.25, -0.2) is 0 Å². The van der Waals surface area contributed by atoms with Crippen molar-refractivity contribution in [2.75, 3.05) is 18.0 Å². The van der Waals surface area contributed by atoms with Gasteiger partial charge in [-0.05, 0) is 43.4 Å². The molecular weight excluding hydrogens is 300 g/mol. The summed E-state index contributed by atoms with van der Waals surface area (Å²) in [4.78, 5) is 2.43. The topological polar surface area (TPSA) is 27.0 Å². The van der Waals surface area contributed by atoms with Gasteiger partial charge in [0.25, 0.3) is 0 Å². The van der Waals surface area contributed by atoms with Crippen molar-refractivity contribution in [1.29, 1.82) is 5.26 Å². The van der Waals surface area contributed by atoms with Gasteiger partial charge in [0.2, 0.25) is 0 Å². The van der Waals surface area contributed by atoms with Crippen LogP contribution in [0.4, 0.5) is 5.69 Å². The van der Waals surface area contributed by atoms with E-state index in [2.05, 4.69) is 39.9 Å². The Hall–Kier alpha value is -1.01. The van der Waals surface area contributed by atoms with Crippen LogP contribution in [0.1, 0.15) is 44.6 Å². The number of nitriles is 1. The standard InChI is InChI=1S/C16H21BrN2/c1-2-4-13-5-3-7-19(8-6-13)16-10-14(12-18)9-15(17)11-16/h9-11,13H,2-8H2,1H3. The van der Waals surface area contributed by atoms with Crippen molar-refractivity contribution in [1.82, 2.24) is 0 Å². The smallest absolute Gasteiger partial charge is 0.0992 e. The lowest BCUT2D eigenvalue weighted by Gasteiger charge is -2.23. The van der Waals surface area contributed by atoms with Gasteiger partial charge in [0.05, 0.1) is 11.6 Å². The molecule has 0 radical (unpaired) electrons. The van der Waals surface area contributed by atoms with Gasteiger partial charge in [0.1, 0.15) is 0 Å². The Kier molecular flexibility index (Phi) is 5.27. The molecule has 1 unspecified atom stereocenters. The second kappa shape index (κ2) is 6.96. The molecule has 19 heavy (non-hydrogen) atoms. The molecule has 1 aliphatic rings. The van der Waals surface area contributed by atoms with Crippen molar-refractivity contribution in [3.8, 4) is 6.07 Å². The lowest BCUT2D eigenvalue weighted by atomic mass is 9.96. The molecule has 1 atom stereocenters. The van der Waals surface area contributed by atoms with E-state index in [0.29, 0.717) is 0 Å². The minimum absolute atomic E-state index is 0.735. The van der Waals surface area contributed by atoms with Crippen molar-refractivity contribution in [2.24, 2.45) is 5.92 Å². The minimum Gasteiger partial charge on any atom is -0.371 e. The molecule has 0 saturated carbocycles. The van der Waals surface area contributed by atoms with Crippen LogP contribution in [0.5, 0.6) is 0 Å². The number of benzene rings is 1. The van der Waals surface area contributed by atoms with Crippen LogP contribution >= 0.6 is 15.9 Å². The largest absolute Gasteiger partial charge is 0.371 e. The number of hydrogen-bond donors (Lipinski definition) is 0. The molecule has 0 spiro atoms. The molecular formula is C16H21BrN2. The van der Waals surface area contributed by atoms with Crippen LogP contribution < -0.4 is 4.90 Å². The molecule has 1 aromatic carbocycles. The first-order valence-electron chi connectivity index (χ1n) is 7.18. The lowest BCUT2D eigenvalue weighted by molar-refractivity contribution is 0.435. The summed E-state index contributed by atoms with van der Waals surface area (Å²) in [7, 11) is 0. The molecule has 1 fully saturated rings. The van der Waals surface area contributed by atoms with Gasteiger partial charge in [-0.1, -0.05) is 35.7 Å². The zero-order valence-corrected chi connectivity index (χ0v) is 13.1. The maximum absolute atomic E-state index is 9.06. The molecule has 3 heteroatoms. The van der Waals surface area contributed by atoms with E-state index in [4.69, 9.17) is 5.26 Å². The van der Waals surface area contributed by atoms with Crippen molar-refractivity contribution < 1.29 is 0 Å². The number of rotatable bonds is 3. The molecule has 102 valence electrons. The number of hydrogen-bond acceptors (Lipinski definition) is 2. The Bertz CT molecular complexity index is 464. The molecule has 2 nitrogen and oxygen atoms in total. The van der Waals surface area contributed by atoms with Crippen LogP contribution in [0.25, 0.3) is 0 Å². The van der Waals surface area contributed by atoms with Crippen LogP contribution in [0.15, 0.2) is 22.7 Å². The zero-order valence-electron chi connectivity index (χ0n) is 11.5. The van der Waals surface area contributed by atoms with Crippen LogP contribution in [0.3, 0.4) is 0 Å². The van der Waals surface area contributed by atoms with Crippen LogP contribution in [-0.4, -0.2) is 13.1 Å². The third kappa shape index (κ3) is 3.98. The zero-order chi connectivity index (χ0) is 13.7. The summed E-state index contributed by atoms with van der Waals surface area (Å²) in [5.74, 6) is 0.887. The summed E-state index contributed by atoms with van der Waals surface area (Å²) in [6, 6.07) is 8.24. The number of anilines is 1. The fourth-order valence-corrected chi connectivity index (χ4v) is 3.42. The monoisotopic (exact) mass is 320 g/mol. The molecule has 0 bridgehead atoms.